The molecular formula is C26H23N3O5. The summed E-state index contributed by atoms with van der Waals surface area (Å²) >= 11 is 0. The van der Waals surface area contributed by atoms with Gasteiger partial charge in [-0.1, -0.05) is 24.3 Å². The van der Waals surface area contributed by atoms with Crippen LogP contribution in [0, 0.1) is 0 Å². The summed E-state index contributed by atoms with van der Waals surface area (Å²) in [6, 6.07) is 18.5. The van der Waals surface area contributed by atoms with Crippen LogP contribution in [0.4, 0.5) is 0 Å². The van der Waals surface area contributed by atoms with E-state index in [9.17, 15) is 19.2 Å². The number of hydrogen-bond donors (Lipinski definition) is 2. The fourth-order valence-corrected chi connectivity index (χ4v) is 3.74. The zero-order chi connectivity index (χ0) is 24.2. The number of fused-ring (bicyclic) bond motifs is 1. The van der Waals surface area contributed by atoms with Crippen LogP contribution in [-0.4, -0.2) is 42.2 Å². The molecule has 1 aliphatic heterocycles. The lowest BCUT2D eigenvalue weighted by Gasteiger charge is -2.13. The van der Waals surface area contributed by atoms with Crippen molar-refractivity contribution in [3.8, 4) is 5.75 Å². The normalized spacial score (nSPS) is 12.4. The van der Waals surface area contributed by atoms with Gasteiger partial charge in [-0.2, -0.15) is 0 Å². The van der Waals surface area contributed by atoms with Gasteiger partial charge in [0, 0.05) is 24.2 Å². The van der Waals surface area contributed by atoms with E-state index in [4.69, 9.17) is 10.5 Å². The van der Waals surface area contributed by atoms with E-state index < -0.39 is 11.8 Å². The smallest absolute Gasteiger partial charge is 0.261 e. The van der Waals surface area contributed by atoms with Gasteiger partial charge in [-0.25, -0.2) is 0 Å². The molecule has 0 bridgehead atoms. The van der Waals surface area contributed by atoms with Crippen molar-refractivity contribution in [3.63, 3.8) is 0 Å². The van der Waals surface area contributed by atoms with Crippen molar-refractivity contribution in [2.24, 2.45) is 5.73 Å². The third-order valence-electron chi connectivity index (χ3n) is 5.71. The van der Waals surface area contributed by atoms with Crippen molar-refractivity contribution < 1.29 is 23.9 Å². The fourth-order valence-electron chi connectivity index (χ4n) is 3.74. The quantitative estimate of drug-likeness (QED) is 0.504. The van der Waals surface area contributed by atoms with E-state index in [0.717, 1.165) is 16.9 Å². The molecule has 4 rings (SSSR count). The number of ether oxygens (including phenoxy) is 1. The molecule has 0 saturated heterocycles. The summed E-state index contributed by atoms with van der Waals surface area (Å²) in [5, 5.41) is 2.77. The van der Waals surface area contributed by atoms with Crippen molar-refractivity contribution >= 4 is 23.6 Å². The number of nitrogens with one attached hydrogen (secondary N) is 1. The van der Waals surface area contributed by atoms with Crippen LogP contribution >= 0.6 is 0 Å². The van der Waals surface area contributed by atoms with E-state index >= 15 is 0 Å². The van der Waals surface area contributed by atoms with Crippen molar-refractivity contribution in [1.82, 2.24) is 10.2 Å². The average molecular weight is 457 g/mol. The number of benzene rings is 3. The third kappa shape index (κ3) is 4.66. The number of methoxy groups -OCH3 is 1. The molecule has 4 amide bonds. The lowest BCUT2D eigenvalue weighted by atomic mass is 10.1. The maximum absolute atomic E-state index is 12.9. The standard InChI is InChI=1S/C26H23N3O5/c1-34-20-9-4-16(5-10-20)12-13-29-25(32)21-11-8-19(14-22(21)26(29)33)24(31)28-15-17-2-6-18(7-3-17)23(27)30/h2-11,14H,12-13,15H2,1H3,(H2,27,30)(H,28,31). The molecule has 0 unspecified atom stereocenters. The van der Waals surface area contributed by atoms with Gasteiger partial charge < -0.3 is 15.8 Å². The molecule has 8 nitrogen and oxygen atoms in total. The molecule has 1 heterocycles. The Balaban J connectivity index is 1.40. The first kappa shape index (κ1) is 22.7. The average Bonchev–Trinajstić information content (AvgIpc) is 3.10. The number of rotatable bonds is 8. The van der Waals surface area contributed by atoms with Crippen molar-refractivity contribution in [2.75, 3.05) is 13.7 Å². The highest BCUT2D eigenvalue weighted by Crippen LogP contribution is 2.25. The SMILES string of the molecule is COc1ccc(CCN2C(=O)c3ccc(C(=O)NCc4ccc(C(N)=O)cc4)cc3C2=O)cc1. The van der Waals surface area contributed by atoms with Crippen LogP contribution in [0.2, 0.25) is 0 Å². The Hall–Kier alpha value is -4.46. The molecule has 1 aliphatic rings. The molecule has 3 N–H and O–H groups in total. The summed E-state index contributed by atoms with van der Waals surface area (Å²) in [5.41, 5.74) is 8.17. The first-order valence-corrected chi connectivity index (χ1v) is 10.7. The number of nitrogens with zero attached hydrogens (tertiary/aromatic N) is 1. The van der Waals surface area contributed by atoms with E-state index in [1.54, 1.807) is 31.4 Å². The predicted octanol–water partition coefficient (Wildman–Crippen LogP) is 2.56. The van der Waals surface area contributed by atoms with E-state index in [1.165, 1.54) is 23.1 Å². The molecule has 8 heteroatoms. The maximum atomic E-state index is 12.9. The van der Waals surface area contributed by atoms with Crippen molar-refractivity contribution in [3.05, 3.63) is 100 Å². The number of carbonyl (C=O) groups is 4. The molecule has 0 atom stereocenters. The summed E-state index contributed by atoms with van der Waals surface area (Å²) < 4.78 is 5.14. The van der Waals surface area contributed by atoms with E-state index in [-0.39, 0.29) is 36.0 Å². The lowest BCUT2D eigenvalue weighted by Crippen LogP contribution is -2.31. The molecule has 0 fully saturated rings. The monoisotopic (exact) mass is 457 g/mol. The molecule has 172 valence electrons. The molecule has 0 aromatic heterocycles. The highest BCUT2D eigenvalue weighted by atomic mass is 16.5. The van der Waals surface area contributed by atoms with Gasteiger partial charge in [0.05, 0.1) is 18.2 Å². The van der Waals surface area contributed by atoms with Gasteiger partial charge in [0.1, 0.15) is 5.75 Å². The van der Waals surface area contributed by atoms with Crippen LogP contribution in [0.15, 0.2) is 66.7 Å². The Morgan fingerprint density at radius 1 is 0.853 bits per heavy atom. The Bertz CT molecular complexity index is 1270. The van der Waals surface area contributed by atoms with E-state index in [2.05, 4.69) is 5.32 Å². The van der Waals surface area contributed by atoms with Gasteiger partial charge in [0.25, 0.3) is 17.7 Å². The first-order valence-electron chi connectivity index (χ1n) is 10.7. The number of carbonyl (C=O) groups excluding carboxylic acids is 4. The number of amides is 4. The summed E-state index contributed by atoms with van der Waals surface area (Å²) in [4.78, 5) is 50.6. The van der Waals surface area contributed by atoms with Crippen LogP contribution < -0.4 is 15.8 Å². The predicted molar refractivity (Wildman–Crippen MR) is 125 cm³/mol. The van der Waals surface area contributed by atoms with Gasteiger partial charge in [-0.15, -0.1) is 0 Å². The zero-order valence-electron chi connectivity index (χ0n) is 18.5. The Labute approximate surface area is 196 Å². The second-order valence-corrected chi connectivity index (χ2v) is 7.86. The minimum Gasteiger partial charge on any atom is -0.497 e. The number of imide groups is 1. The Morgan fingerprint density at radius 3 is 2.12 bits per heavy atom. The minimum atomic E-state index is -0.522. The molecular weight excluding hydrogens is 434 g/mol. The highest BCUT2D eigenvalue weighted by Gasteiger charge is 2.35. The third-order valence-corrected chi connectivity index (χ3v) is 5.71. The Morgan fingerprint density at radius 2 is 1.47 bits per heavy atom. The van der Waals surface area contributed by atoms with Crippen LogP contribution in [0.1, 0.15) is 52.6 Å². The van der Waals surface area contributed by atoms with Gasteiger partial charge in [0.2, 0.25) is 5.91 Å². The second-order valence-electron chi connectivity index (χ2n) is 7.86. The van der Waals surface area contributed by atoms with E-state index in [0.29, 0.717) is 17.5 Å². The van der Waals surface area contributed by atoms with Gasteiger partial charge in [-0.05, 0) is 60.0 Å². The second kappa shape index (κ2) is 9.58. The fraction of sp³-hybridized carbons (Fsp3) is 0.154. The van der Waals surface area contributed by atoms with Crippen LogP contribution in [0.3, 0.4) is 0 Å². The molecule has 3 aromatic carbocycles. The number of primary amides is 1. The molecule has 34 heavy (non-hydrogen) atoms. The van der Waals surface area contributed by atoms with E-state index in [1.807, 2.05) is 24.3 Å². The molecule has 0 radical (unpaired) electrons. The van der Waals surface area contributed by atoms with Crippen molar-refractivity contribution in [1.29, 1.82) is 0 Å². The van der Waals surface area contributed by atoms with Crippen molar-refractivity contribution in [2.45, 2.75) is 13.0 Å². The summed E-state index contributed by atoms with van der Waals surface area (Å²) in [6.45, 7) is 0.470. The van der Waals surface area contributed by atoms with Crippen LogP contribution in [0.25, 0.3) is 0 Å². The summed E-state index contributed by atoms with van der Waals surface area (Å²) in [6.07, 6.45) is 0.511. The minimum absolute atomic E-state index is 0.221. The topological polar surface area (TPSA) is 119 Å². The summed E-state index contributed by atoms with van der Waals surface area (Å²) in [7, 11) is 1.59. The molecule has 0 saturated carbocycles. The largest absolute Gasteiger partial charge is 0.497 e. The Kier molecular flexibility index (Phi) is 6.40. The zero-order valence-corrected chi connectivity index (χ0v) is 18.5. The first-order chi connectivity index (χ1) is 16.4. The molecule has 3 aromatic rings. The van der Waals surface area contributed by atoms with Gasteiger partial charge in [-0.3, -0.25) is 24.1 Å². The van der Waals surface area contributed by atoms with Gasteiger partial charge >= 0.3 is 0 Å². The lowest BCUT2D eigenvalue weighted by molar-refractivity contribution is 0.0655. The number of nitrogens with two attached hydrogens (primary N) is 1. The summed E-state index contributed by atoms with van der Waals surface area (Å²) in [5.74, 6) is -0.942. The highest BCUT2D eigenvalue weighted by molar-refractivity contribution is 6.22. The van der Waals surface area contributed by atoms with Crippen LogP contribution in [0.5, 0.6) is 5.75 Å². The van der Waals surface area contributed by atoms with Gasteiger partial charge in [0.15, 0.2) is 0 Å². The maximum Gasteiger partial charge on any atom is 0.261 e. The molecule has 0 aliphatic carbocycles. The van der Waals surface area contributed by atoms with Crippen LogP contribution in [-0.2, 0) is 13.0 Å². The molecule has 0 spiro atoms. The number of hydrogen-bond acceptors (Lipinski definition) is 5.